The van der Waals surface area contributed by atoms with E-state index >= 15 is 0 Å². The molecule has 0 saturated heterocycles. The first-order chi connectivity index (χ1) is 13.9. The van der Waals surface area contributed by atoms with Crippen molar-refractivity contribution in [2.24, 2.45) is 5.10 Å². The van der Waals surface area contributed by atoms with Gasteiger partial charge in [0, 0.05) is 5.56 Å². The number of hydrazone groups is 1. The van der Waals surface area contributed by atoms with Crippen molar-refractivity contribution in [3.63, 3.8) is 0 Å². The van der Waals surface area contributed by atoms with Crippen LogP contribution in [0.1, 0.15) is 31.9 Å². The van der Waals surface area contributed by atoms with Crippen LogP contribution in [0.3, 0.4) is 0 Å². The van der Waals surface area contributed by atoms with Gasteiger partial charge in [-0.05, 0) is 28.2 Å². The topological polar surface area (TPSA) is 50.7 Å². The number of carbonyl (C=O) groups is 1. The first kappa shape index (κ1) is 20.3. The average Bonchev–Trinajstić information content (AvgIpc) is 2.73. The first-order valence-corrected chi connectivity index (χ1v) is 9.63. The third-order valence-electron chi connectivity index (χ3n) is 4.51. The molecule has 0 atom stereocenters. The van der Waals surface area contributed by atoms with E-state index in [2.05, 4.69) is 43.4 Å². The van der Waals surface area contributed by atoms with Crippen LogP contribution in [-0.4, -0.2) is 18.7 Å². The highest BCUT2D eigenvalue weighted by molar-refractivity contribution is 5.83. The summed E-state index contributed by atoms with van der Waals surface area (Å²) in [6, 6.07) is 25.7. The summed E-state index contributed by atoms with van der Waals surface area (Å²) >= 11 is 0. The zero-order valence-corrected chi connectivity index (χ0v) is 17.1. The minimum absolute atomic E-state index is 0.107. The monoisotopic (exact) mass is 386 g/mol. The lowest BCUT2D eigenvalue weighted by atomic mass is 9.87. The maximum Gasteiger partial charge on any atom is 0.277 e. The van der Waals surface area contributed by atoms with Gasteiger partial charge in [-0.1, -0.05) is 93.6 Å². The Bertz CT molecular complexity index is 972. The Morgan fingerprint density at radius 2 is 1.59 bits per heavy atom. The molecule has 0 aliphatic carbocycles. The summed E-state index contributed by atoms with van der Waals surface area (Å²) in [5.41, 5.74) is 6.79. The lowest BCUT2D eigenvalue weighted by Crippen LogP contribution is -2.24. The van der Waals surface area contributed by atoms with Crippen molar-refractivity contribution >= 4 is 12.1 Å². The van der Waals surface area contributed by atoms with Gasteiger partial charge in [0.2, 0.25) is 0 Å². The summed E-state index contributed by atoms with van der Waals surface area (Å²) in [4.78, 5) is 12.1. The maximum atomic E-state index is 12.1. The maximum absolute atomic E-state index is 12.1. The number of nitrogens with zero attached hydrogens (tertiary/aromatic N) is 1. The van der Waals surface area contributed by atoms with Crippen molar-refractivity contribution in [2.75, 3.05) is 6.61 Å². The van der Waals surface area contributed by atoms with E-state index in [1.54, 1.807) is 6.21 Å². The number of nitrogens with one attached hydrogen (secondary N) is 1. The van der Waals surface area contributed by atoms with Gasteiger partial charge in [-0.25, -0.2) is 5.43 Å². The predicted octanol–water partition coefficient (Wildman–Crippen LogP) is 5.18. The van der Waals surface area contributed by atoms with Crippen LogP contribution in [0, 0.1) is 0 Å². The van der Waals surface area contributed by atoms with Crippen LogP contribution in [0.5, 0.6) is 5.75 Å². The molecule has 3 rings (SSSR count). The molecule has 3 aromatic rings. The van der Waals surface area contributed by atoms with E-state index in [-0.39, 0.29) is 17.9 Å². The molecule has 0 saturated carbocycles. The molecule has 148 valence electrons. The summed E-state index contributed by atoms with van der Waals surface area (Å²) < 4.78 is 5.72. The van der Waals surface area contributed by atoms with Crippen molar-refractivity contribution in [2.45, 2.75) is 26.2 Å². The quantitative estimate of drug-likeness (QED) is 0.469. The van der Waals surface area contributed by atoms with Gasteiger partial charge in [-0.2, -0.15) is 5.10 Å². The molecule has 0 aromatic heterocycles. The van der Waals surface area contributed by atoms with E-state index in [9.17, 15) is 4.79 Å². The lowest BCUT2D eigenvalue weighted by Gasteiger charge is -2.18. The minimum Gasteiger partial charge on any atom is -0.483 e. The van der Waals surface area contributed by atoms with Crippen molar-refractivity contribution in [3.8, 4) is 16.9 Å². The Hall–Kier alpha value is -3.40. The molecular weight excluding hydrogens is 360 g/mol. The highest BCUT2D eigenvalue weighted by Gasteiger charge is 2.12. The van der Waals surface area contributed by atoms with Crippen LogP contribution in [0.4, 0.5) is 0 Å². The molecule has 4 nitrogen and oxygen atoms in total. The van der Waals surface area contributed by atoms with Gasteiger partial charge in [-0.3, -0.25) is 4.79 Å². The van der Waals surface area contributed by atoms with Gasteiger partial charge < -0.3 is 4.74 Å². The van der Waals surface area contributed by atoms with Crippen LogP contribution >= 0.6 is 0 Å². The van der Waals surface area contributed by atoms with E-state index in [0.717, 1.165) is 16.7 Å². The summed E-state index contributed by atoms with van der Waals surface area (Å²) in [6.07, 6.45) is 1.63. The minimum atomic E-state index is -0.310. The highest BCUT2D eigenvalue weighted by Crippen LogP contribution is 2.29. The van der Waals surface area contributed by atoms with Crippen LogP contribution in [0.25, 0.3) is 11.1 Å². The number of para-hydroxylation sites is 1. The van der Waals surface area contributed by atoms with Crippen molar-refractivity contribution in [1.82, 2.24) is 5.43 Å². The second-order valence-electron chi connectivity index (χ2n) is 7.82. The largest absolute Gasteiger partial charge is 0.483 e. The fourth-order valence-corrected chi connectivity index (χ4v) is 2.87. The molecule has 0 spiro atoms. The number of rotatable bonds is 6. The number of amides is 1. The zero-order valence-electron chi connectivity index (χ0n) is 17.1. The van der Waals surface area contributed by atoms with E-state index in [1.807, 2.05) is 66.7 Å². The van der Waals surface area contributed by atoms with Crippen LogP contribution in [-0.2, 0) is 10.2 Å². The van der Waals surface area contributed by atoms with Crippen LogP contribution < -0.4 is 10.2 Å². The predicted molar refractivity (Wildman–Crippen MR) is 118 cm³/mol. The second-order valence-corrected chi connectivity index (χ2v) is 7.82. The summed E-state index contributed by atoms with van der Waals surface area (Å²) in [5, 5.41) is 4.02. The van der Waals surface area contributed by atoms with Gasteiger partial charge in [0.1, 0.15) is 5.75 Å². The number of ether oxygens (including phenoxy) is 1. The van der Waals surface area contributed by atoms with Crippen molar-refractivity contribution < 1.29 is 9.53 Å². The number of carbonyl (C=O) groups excluding carboxylic acids is 1. The SMILES string of the molecule is CC(C)(C)c1ccc(/C=N/NC(=O)COc2ccccc2-c2ccccc2)cc1. The lowest BCUT2D eigenvalue weighted by molar-refractivity contribution is -0.123. The molecule has 0 fully saturated rings. The van der Waals surface area contributed by atoms with E-state index in [1.165, 1.54) is 5.56 Å². The Morgan fingerprint density at radius 1 is 0.931 bits per heavy atom. The van der Waals surface area contributed by atoms with E-state index < -0.39 is 0 Å². The summed E-state index contributed by atoms with van der Waals surface area (Å²) in [7, 11) is 0. The van der Waals surface area contributed by atoms with E-state index in [0.29, 0.717) is 5.75 Å². The highest BCUT2D eigenvalue weighted by atomic mass is 16.5. The molecule has 4 heteroatoms. The fraction of sp³-hybridized carbons (Fsp3) is 0.200. The molecule has 0 radical (unpaired) electrons. The van der Waals surface area contributed by atoms with Gasteiger partial charge in [0.05, 0.1) is 6.21 Å². The first-order valence-electron chi connectivity index (χ1n) is 9.63. The molecule has 0 aliphatic rings. The van der Waals surface area contributed by atoms with Crippen LogP contribution in [0.15, 0.2) is 84.0 Å². The molecule has 29 heavy (non-hydrogen) atoms. The van der Waals surface area contributed by atoms with Crippen molar-refractivity contribution in [3.05, 3.63) is 90.0 Å². The molecular formula is C25H26N2O2. The van der Waals surface area contributed by atoms with Crippen LogP contribution in [0.2, 0.25) is 0 Å². The molecule has 0 heterocycles. The summed E-state index contributed by atoms with van der Waals surface area (Å²) in [6.45, 7) is 6.41. The second kappa shape index (κ2) is 9.20. The van der Waals surface area contributed by atoms with Gasteiger partial charge in [0.15, 0.2) is 6.61 Å². The zero-order chi connectivity index (χ0) is 20.7. The smallest absolute Gasteiger partial charge is 0.277 e. The number of hydrogen-bond acceptors (Lipinski definition) is 3. The number of benzene rings is 3. The number of hydrogen-bond donors (Lipinski definition) is 1. The molecule has 1 N–H and O–H groups in total. The molecule has 0 bridgehead atoms. The van der Waals surface area contributed by atoms with Gasteiger partial charge in [-0.15, -0.1) is 0 Å². The van der Waals surface area contributed by atoms with Gasteiger partial charge in [0.25, 0.3) is 5.91 Å². The molecule has 0 aliphatic heterocycles. The fourth-order valence-electron chi connectivity index (χ4n) is 2.87. The standard InChI is InChI=1S/C25H26N2O2/c1-25(2,3)21-15-13-19(14-16-21)17-26-27-24(28)18-29-23-12-8-7-11-22(23)20-9-5-4-6-10-20/h4-17H,18H2,1-3H3,(H,27,28)/b26-17+. The third kappa shape index (κ3) is 5.79. The Kier molecular flexibility index (Phi) is 6.45. The Balaban J connectivity index is 1.55. The van der Waals surface area contributed by atoms with Gasteiger partial charge >= 0.3 is 0 Å². The average molecular weight is 386 g/mol. The Labute approximate surface area is 172 Å². The molecule has 1 amide bonds. The third-order valence-corrected chi connectivity index (χ3v) is 4.51. The van der Waals surface area contributed by atoms with Crippen molar-refractivity contribution in [1.29, 1.82) is 0 Å². The molecule has 3 aromatic carbocycles. The van der Waals surface area contributed by atoms with E-state index in [4.69, 9.17) is 4.74 Å². The normalized spacial score (nSPS) is 11.4. The Morgan fingerprint density at radius 3 is 2.28 bits per heavy atom. The summed E-state index contributed by atoms with van der Waals surface area (Å²) in [5.74, 6) is 0.353. The molecule has 0 unspecified atom stereocenters.